The molecule has 3 aromatic rings. The molecule has 0 radical (unpaired) electrons. The SMILES string of the molecule is Cc1ccc(OCc2nnc(SCC(=O)Nc3cccc(Cl)c3Cl)n2C)c(C)c1. The normalized spacial score (nSPS) is 10.8. The summed E-state index contributed by atoms with van der Waals surface area (Å²) in [6.07, 6.45) is 0. The van der Waals surface area contributed by atoms with E-state index in [1.807, 2.05) is 37.6 Å². The van der Waals surface area contributed by atoms with Crippen molar-refractivity contribution in [2.45, 2.75) is 25.6 Å². The number of ether oxygens (including phenoxy) is 1. The minimum absolute atomic E-state index is 0.159. The summed E-state index contributed by atoms with van der Waals surface area (Å²) in [6.45, 7) is 4.34. The number of nitrogens with one attached hydrogen (secondary N) is 1. The van der Waals surface area contributed by atoms with Crippen LogP contribution in [0.15, 0.2) is 41.6 Å². The van der Waals surface area contributed by atoms with Gasteiger partial charge >= 0.3 is 0 Å². The van der Waals surface area contributed by atoms with Crippen LogP contribution in [0.25, 0.3) is 0 Å². The number of amides is 1. The van der Waals surface area contributed by atoms with Gasteiger partial charge in [-0.15, -0.1) is 10.2 Å². The minimum Gasteiger partial charge on any atom is -0.485 e. The molecule has 152 valence electrons. The Hall–Kier alpha value is -2.22. The van der Waals surface area contributed by atoms with Crippen LogP contribution in [0.4, 0.5) is 5.69 Å². The third kappa shape index (κ3) is 5.44. The van der Waals surface area contributed by atoms with Crippen molar-refractivity contribution in [3.05, 3.63) is 63.4 Å². The average Bonchev–Trinajstić information content (AvgIpc) is 3.03. The highest BCUT2D eigenvalue weighted by Crippen LogP contribution is 2.29. The lowest BCUT2D eigenvalue weighted by atomic mass is 10.1. The number of anilines is 1. The van der Waals surface area contributed by atoms with Crippen molar-refractivity contribution in [3.63, 3.8) is 0 Å². The zero-order chi connectivity index (χ0) is 21.0. The molecule has 0 saturated carbocycles. The molecule has 2 aromatic carbocycles. The van der Waals surface area contributed by atoms with Crippen LogP contribution in [0.1, 0.15) is 17.0 Å². The predicted octanol–water partition coefficient (Wildman–Crippen LogP) is 5.05. The summed E-state index contributed by atoms with van der Waals surface area (Å²) in [5, 5.41) is 12.4. The fourth-order valence-electron chi connectivity index (χ4n) is 2.62. The van der Waals surface area contributed by atoms with Crippen LogP contribution in [0.5, 0.6) is 5.75 Å². The Kier molecular flexibility index (Phi) is 7.05. The zero-order valence-electron chi connectivity index (χ0n) is 16.2. The molecule has 0 saturated heterocycles. The van der Waals surface area contributed by atoms with Gasteiger partial charge in [0.15, 0.2) is 11.0 Å². The summed E-state index contributed by atoms with van der Waals surface area (Å²) in [6, 6.07) is 11.1. The van der Waals surface area contributed by atoms with Gasteiger partial charge in [-0.2, -0.15) is 0 Å². The average molecular weight is 451 g/mol. The van der Waals surface area contributed by atoms with Gasteiger partial charge in [-0.25, -0.2) is 0 Å². The molecule has 0 bridgehead atoms. The Labute approximate surface area is 183 Å². The van der Waals surface area contributed by atoms with E-state index in [0.29, 0.717) is 26.7 Å². The lowest BCUT2D eigenvalue weighted by Gasteiger charge is -2.10. The highest BCUT2D eigenvalue weighted by Gasteiger charge is 2.14. The van der Waals surface area contributed by atoms with E-state index in [0.717, 1.165) is 11.3 Å². The van der Waals surface area contributed by atoms with Crippen molar-refractivity contribution in [1.29, 1.82) is 0 Å². The lowest BCUT2D eigenvalue weighted by Crippen LogP contribution is -2.15. The first-order valence-electron chi connectivity index (χ1n) is 8.80. The Morgan fingerprint density at radius 1 is 1.21 bits per heavy atom. The number of carbonyl (C=O) groups is 1. The van der Waals surface area contributed by atoms with Crippen molar-refractivity contribution in [2.75, 3.05) is 11.1 Å². The van der Waals surface area contributed by atoms with Crippen molar-refractivity contribution < 1.29 is 9.53 Å². The Bertz CT molecular complexity index is 1040. The van der Waals surface area contributed by atoms with Crippen LogP contribution in [0.2, 0.25) is 10.0 Å². The summed E-state index contributed by atoms with van der Waals surface area (Å²) in [7, 11) is 1.84. The summed E-state index contributed by atoms with van der Waals surface area (Å²) >= 11 is 13.3. The van der Waals surface area contributed by atoms with E-state index in [1.54, 1.807) is 18.2 Å². The third-order valence-corrected chi connectivity index (χ3v) is 6.01. The number of aromatic nitrogens is 3. The van der Waals surface area contributed by atoms with Gasteiger partial charge in [0.25, 0.3) is 0 Å². The second kappa shape index (κ2) is 9.52. The number of hydrogen-bond donors (Lipinski definition) is 1. The summed E-state index contributed by atoms with van der Waals surface area (Å²) in [5.41, 5.74) is 2.73. The molecule has 3 rings (SSSR count). The van der Waals surface area contributed by atoms with Gasteiger partial charge in [-0.05, 0) is 37.6 Å². The van der Waals surface area contributed by atoms with Crippen molar-refractivity contribution in [2.24, 2.45) is 7.05 Å². The van der Waals surface area contributed by atoms with Crippen LogP contribution < -0.4 is 10.1 Å². The first-order valence-corrected chi connectivity index (χ1v) is 10.5. The van der Waals surface area contributed by atoms with Gasteiger partial charge in [0.2, 0.25) is 5.91 Å². The number of nitrogens with zero attached hydrogens (tertiary/aromatic N) is 3. The van der Waals surface area contributed by atoms with Gasteiger partial charge in [0.05, 0.1) is 21.5 Å². The van der Waals surface area contributed by atoms with E-state index in [4.69, 9.17) is 27.9 Å². The molecular formula is C20H20Cl2N4O2S. The van der Waals surface area contributed by atoms with Crippen molar-refractivity contribution in [3.8, 4) is 5.75 Å². The van der Waals surface area contributed by atoms with Gasteiger partial charge in [-0.1, -0.05) is 58.7 Å². The van der Waals surface area contributed by atoms with E-state index >= 15 is 0 Å². The predicted molar refractivity (Wildman–Crippen MR) is 117 cm³/mol. The topological polar surface area (TPSA) is 69.0 Å². The Morgan fingerprint density at radius 3 is 2.76 bits per heavy atom. The molecule has 0 fully saturated rings. The van der Waals surface area contributed by atoms with Crippen LogP contribution in [0.3, 0.4) is 0 Å². The van der Waals surface area contributed by atoms with Crippen molar-refractivity contribution in [1.82, 2.24) is 14.8 Å². The van der Waals surface area contributed by atoms with Crippen LogP contribution >= 0.6 is 35.0 Å². The zero-order valence-corrected chi connectivity index (χ0v) is 18.5. The molecule has 0 unspecified atom stereocenters. The number of rotatable bonds is 7. The highest BCUT2D eigenvalue weighted by molar-refractivity contribution is 7.99. The molecule has 0 atom stereocenters. The molecule has 9 heteroatoms. The number of halogens is 2. The molecule has 6 nitrogen and oxygen atoms in total. The Morgan fingerprint density at radius 2 is 2.00 bits per heavy atom. The Balaban J connectivity index is 1.56. The maximum atomic E-state index is 12.2. The van der Waals surface area contributed by atoms with E-state index in [1.165, 1.54) is 17.3 Å². The first kappa shape index (κ1) is 21.5. The molecule has 1 N–H and O–H groups in total. The second-order valence-corrected chi connectivity index (χ2v) is 8.18. The fourth-order valence-corrected chi connectivity index (χ4v) is 3.69. The van der Waals surface area contributed by atoms with Crippen molar-refractivity contribution >= 4 is 46.6 Å². The number of benzene rings is 2. The summed E-state index contributed by atoms with van der Waals surface area (Å²) in [4.78, 5) is 12.2. The maximum absolute atomic E-state index is 12.2. The number of thioether (sulfide) groups is 1. The molecule has 0 aliphatic rings. The standard InChI is InChI=1S/C20H20Cl2N4O2S/c1-12-7-8-16(13(2)9-12)28-10-17-24-25-20(26(17)3)29-11-18(27)23-15-6-4-5-14(21)19(15)22/h4-9H,10-11H2,1-3H3,(H,23,27). The van der Waals surface area contributed by atoms with E-state index in [9.17, 15) is 4.79 Å². The summed E-state index contributed by atoms with van der Waals surface area (Å²) < 4.78 is 7.68. The molecule has 1 amide bonds. The maximum Gasteiger partial charge on any atom is 0.234 e. The van der Waals surface area contributed by atoms with Crippen LogP contribution in [-0.2, 0) is 18.4 Å². The van der Waals surface area contributed by atoms with E-state index in [2.05, 4.69) is 21.6 Å². The monoisotopic (exact) mass is 450 g/mol. The van der Waals surface area contributed by atoms with E-state index in [-0.39, 0.29) is 18.3 Å². The molecule has 0 aliphatic heterocycles. The van der Waals surface area contributed by atoms with E-state index < -0.39 is 0 Å². The fraction of sp³-hybridized carbons (Fsp3) is 0.250. The van der Waals surface area contributed by atoms with Crippen LogP contribution in [0, 0.1) is 13.8 Å². The number of hydrogen-bond acceptors (Lipinski definition) is 5. The molecular weight excluding hydrogens is 431 g/mol. The quantitative estimate of drug-likeness (QED) is 0.510. The molecule has 29 heavy (non-hydrogen) atoms. The van der Waals surface area contributed by atoms with Gasteiger partial charge in [0.1, 0.15) is 12.4 Å². The first-order chi connectivity index (χ1) is 13.8. The third-order valence-electron chi connectivity index (χ3n) is 4.17. The van der Waals surface area contributed by atoms with Gasteiger partial charge in [-0.3, -0.25) is 4.79 Å². The smallest absolute Gasteiger partial charge is 0.234 e. The molecule has 1 aromatic heterocycles. The van der Waals surface area contributed by atoms with Crippen LogP contribution in [-0.4, -0.2) is 26.4 Å². The van der Waals surface area contributed by atoms with Gasteiger partial charge in [0, 0.05) is 7.05 Å². The molecule has 0 aliphatic carbocycles. The highest BCUT2D eigenvalue weighted by atomic mass is 35.5. The summed E-state index contributed by atoms with van der Waals surface area (Å²) in [5.74, 6) is 1.43. The van der Waals surface area contributed by atoms with Gasteiger partial charge < -0.3 is 14.6 Å². The number of aryl methyl sites for hydroxylation is 2. The lowest BCUT2D eigenvalue weighted by molar-refractivity contribution is -0.113. The second-order valence-electron chi connectivity index (χ2n) is 6.45. The minimum atomic E-state index is -0.213. The largest absolute Gasteiger partial charge is 0.485 e. The molecule has 1 heterocycles. The number of carbonyl (C=O) groups excluding carboxylic acids is 1. The molecule has 0 spiro atoms.